The molecule has 2 rings (SSSR count). The molecule has 0 atom stereocenters. The number of aryl methyl sites for hydroxylation is 1. The Labute approximate surface area is 90.9 Å². The summed E-state index contributed by atoms with van der Waals surface area (Å²) in [7, 11) is 2.10. The van der Waals surface area contributed by atoms with Crippen LogP contribution in [0.5, 0.6) is 0 Å². The van der Waals surface area contributed by atoms with Crippen LogP contribution in [0.25, 0.3) is 10.9 Å². The Bertz CT molecular complexity index is 443. The maximum atomic E-state index is 3.45. The molecule has 0 bridgehead atoms. The van der Waals surface area contributed by atoms with Crippen LogP contribution in [0.15, 0.2) is 30.5 Å². The fourth-order valence-corrected chi connectivity index (χ4v) is 1.98. The molecule has 2 heteroatoms. The highest BCUT2D eigenvalue weighted by atomic mass is 14.9. The van der Waals surface area contributed by atoms with Gasteiger partial charge in [0.05, 0.1) is 5.52 Å². The molecule has 0 aliphatic heterocycles. The number of benzene rings is 1. The van der Waals surface area contributed by atoms with E-state index in [4.69, 9.17) is 0 Å². The number of nitrogens with zero attached hydrogens (tertiary/aromatic N) is 1. The maximum Gasteiger partial charge on any atom is 0.0523 e. The molecule has 0 aliphatic rings. The Morgan fingerprint density at radius 1 is 1.27 bits per heavy atom. The Hall–Kier alpha value is -1.28. The van der Waals surface area contributed by atoms with Gasteiger partial charge in [-0.1, -0.05) is 25.1 Å². The highest BCUT2D eigenvalue weighted by molar-refractivity contribution is 5.83. The Kier molecular flexibility index (Phi) is 3.07. The van der Waals surface area contributed by atoms with Crippen LogP contribution in [0.3, 0.4) is 0 Å². The third-order valence-corrected chi connectivity index (χ3v) is 2.72. The summed E-state index contributed by atoms with van der Waals surface area (Å²) >= 11 is 0. The van der Waals surface area contributed by atoms with Crippen LogP contribution in [0.1, 0.15) is 18.9 Å². The lowest BCUT2D eigenvalue weighted by atomic mass is 10.1. The molecule has 2 nitrogen and oxygen atoms in total. The molecule has 1 aromatic heterocycles. The fraction of sp³-hybridized carbons (Fsp3) is 0.385. The topological polar surface area (TPSA) is 17.0 Å². The first kappa shape index (κ1) is 10.2. The standard InChI is InChI=1S/C13H18N2/c1-3-8-14-10-12-6-4-5-11-7-9-15(2)13(11)12/h4-7,9,14H,3,8,10H2,1-2H3. The smallest absolute Gasteiger partial charge is 0.0523 e. The number of para-hydroxylation sites is 1. The van der Waals surface area contributed by atoms with Crippen LogP contribution in [-0.2, 0) is 13.6 Å². The van der Waals surface area contributed by atoms with E-state index in [9.17, 15) is 0 Å². The van der Waals surface area contributed by atoms with Crippen molar-refractivity contribution in [1.82, 2.24) is 9.88 Å². The molecule has 1 heterocycles. The number of fused-ring (bicyclic) bond motifs is 1. The lowest BCUT2D eigenvalue weighted by Crippen LogP contribution is -2.14. The minimum atomic E-state index is 0.961. The van der Waals surface area contributed by atoms with E-state index in [1.54, 1.807) is 0 Å². The van der Waals surface area contributed by atoms with E-state index >= 15 is 0 Å². The van der Waals surface area contributed by atoms with Crippen LogP contribution < -0.4 is 5.32 Å². The van der Waals surface area contributed by atoms with Gasteiger partial charge in [-0.2, -0.15) is 0 Å². The van der Waals surface area contributed by atoms with Crippen molar-refractivity contribution in [1.29, 1.82) is 0 Å². The molecular weight excluding hydrogens is 184 g/mol. The summed E-state index contributed by atoms with van der Waals surface area (Å²) in [5.41, 5.74) is 2.73. The molecule has 0 spiro atoms. The van der Waals surface area contributed by atoms with Crippen molar-refractivity contribution >= 4 is 10.9 Å². The predicted molar refractivity (Wildman–Crippen MR) is 64.9 cm³/mol. The normalized spacial score (nSPS) is 11.1. The monoisotopic (exact) mass is 202 g/mol. The van der Waals surface area contributed by atoms with Gasteiger partial charge in [0.2, 0.25) is 0 Å². The minimum absolute atomic E-state index is 0.961. The average molecular weight is 202 g/mol. The van der Waals surface area contributed by atoms with Gasteiger partial charge in [-0.05, 0) is 30.0 Å². The maximum absolute atomic E-state index is 3.45. The van der Waals surface area contributed by atoms with E-state index in [0.29, 0.717) is 0 Å². The van der Waals surface area contributed by atoms with Crippen molar-refractivity contribution in [2.75, 3.05) is 6.54 Å². The van der Waals surface area contributed by atoms with Gasteiger partial charge in [0.15, 0.2) is 0 Å². The number of hydrogen-bond acceptors (Lipinski definition) is 1. The molecule has 0 amide bonds. The van der Waals surface area contributed by atoms with Crippen molar-refractivity contribution in [3.8, 4) is 0 Å². The zero-order valence-corrected chi connectivity index (χ0v) is 9.46. The van der Waals surface area contributed by atoms with Gasteiger partial charge in [0, 0.05) is 19.8 Å². The lowest BCUT2D eigenvalue weighted by Gasteiger charge is -2.07. The summed E-state index contributed by atoms with van der Waals surface area (Å²) < 4.78 is 2.19. The lowest BCUT2D eigenvalue weighted by molar-refractivity contribution is 0.676. The van der Waals surface area contributed by atoms with Gasteiger partial charge >= 0.3 is 0 Å². The first-order valence-electron chi connectivity index (χ1n) is 5.56. The summed E-state index contributed by atoms with van der Waals surface area (Å²) in [4.78, 5) is 0. The van der Waals surface area contributed by atoms with E-state index in [0.717, 1.165) is 13.1 Å². The quantitative estimate of drug-likeness (QED) is 0.754. The Morgan fingerprint density at radius 3 is 2.93 bits per heavy atom. The Morgan fingerprint density at radius 2 is 2.13 bits per heavy atom. The zero-order chi connectivity index (χ0) is 10.7. The summed E-state index contributed by atoms with van der Waals surface area (Å²) in [5.74, 6) is 0. The van der Waals surface area contributed by atoms with E-state index in [1.807, 2.05) is 0 Å². The molecule has 0 radical (unpaired) electrons. The fourth-order valence-electron chi connectivity index (χ4n) is 1.98. The number of aromatic nitrogens is 1. The summed E-state index contributed by atoms with van der Waals surface area (Å²) in [6.45, 7) is 4.24. The molecule has 80 valence electrons. The van der Waals surface area contributed by atoms with Gasteiger partial charge in [-0.3, -0.25) is 0 Å². The van der Waals surface area contributed by atoms with E-state index in [1.165, 1.54) is 22.9 Å². The third-order valence-electron chi connectivity index (χ3n) is 2.72. The van der Waals surface area contributed by atoms with Gasteiger partial charge in [-0.15, -0.1) is 0 Å². The van der Waals surface area contributed by atoms with Gasteiger partial charge < -0.3 is 9.88 Å². The number of hydrogen-bond donors (Lipinski definition) is 1. The van der Waals surface area contributed by atoms with Crippen LogP contribution in [0, 0.1) is 0 Å². The molecule has 0 fully saturated rings. The predicted octanol–water partition coefficient (Wildman–Crippen LogP) is 2.68. The van der Waals surface area contributed by atoms with Crippen molar-refractivity contribution in [2.45, 2.75) is 19.9 Å². The highest BCUT2D eigenvalue weighted by Crippen LogP contribution is 2.19. The summed E-state index contributed by atoms with van der Waals surface area (Å²) in [6, 6.07) is 8.66. The van der Waals surface area contributed by atoms with Crippen molar-refractivity contribution in [2.24, 2.45) is 7.05 Å². The first-order valence-corrected chi connectivity index (χ1v) is 5.56. The molecule has 2 aromatic rings. The van der Waals surface area contributed by atoms with Crippen molar-refractivity contribution in [3.05, 3.63) is 36.0 Å². The van der Waals surface area contributed by atoms with Crippen LogP contribution in [0.4, 0.5) is 0 Å². The van der Waals surface area contributed by atoms with Crippen LogP contribution in [-0.4, -0.2) is 11.1 Å². The van der Waals surface area contributed by atoms with Gasteiger partial charge in [0.25, 0.3) is 0 Å². The average Bonchev–Trinajstić information content (AvgIpc) is 2.62. The largest absolute Gasteiger partial charge is 0.350 e. The zero-order valence-electron chi connectivity index (χ0n) is 9.46. The molecule has 1 aromatic carbocycles. The molecular formula is C13H18N2. The highest BCUT2D eigenvalue weighted by Gasteiger charge is 2.03. The molecule has 0 unspecified atom stereocenters. The number of rotatable bonds is 4. The molecule has 0 saturated heterocycles. The molecule has 1 N–H and O–H groups in total. The van der Waals surface area contributed by atoms with E-state index < -0.39 is 0 Å². The minimum Gasteiger partial charge on any atom is -0.350 e. The SMILES string of the molecule is CCCNCc1cccc2ccn(C)c12. The van der Waals surface area contributed by atoms with E-state index in [2.05, 4.69) is 54.3 Å². The summed E-state index contributed by atoms with van der Waals surface area (Å²) in [5, 5.41) is 4.77. The molecule has 0 saturated carbocycles. The summed E-state index contributed by atoms with van der Waals surface area (Å²) in [6.07, 6.45) is 3.30. The van der Waals surface area contributed by atoms with E-state index in [-0.39, 0.29) is 0 Å². The molecule has 0 aliphatic carbocycles. The van der Waals surface area contributed by atoms with Gasteiger partial charge in [-0.25, -0.2) is 0 Å². The first-order chi connectivity index (χ1) is 7.33. The van der Waals surface area contributed by atoms with Crippen molar-refractivity contribution < 1.29 is 0 Å². The second-order valence-electron chi connectivity index (χ2n) is 3.96. The van der Waals surface area contributed by atoms with Crippen LogP contribution in [0.2, 0.25) is 0 Å². The Balaban J connectivity index is 2.29. The van der Waals surface area contributed by atoms with Gasteiger partial charge in [0.1, 0.15) is 0 Å². The third kappa shape index (κ3) is 2.05. The number of nitrogens with one attached hydrogen (secondary N) is 1. The van der Waals surface area contributed by atoms with Crippen molar-refractivity contribution in [3.63, 3.8) is 0 Å². The second-order valence-corrected chi connectivity index (χ2v) is 3.96. The van der Waals surface area contributed by atoms with Crippen LogP contribution >= 0.6 is 0 Å². The second kappa shape index (κ2) is 4.49. The molecule has 15 heavy (non-hydrogen) atoms.